The topological polar surface area (TPSA) is 75.7 Å². The van der Waals surface area contributed by atoms with Crippen molar-refractivity contribution >= 4 is 15.9 Å². The Morgan fingerprint density at radius 3 is 2.47 bits per heavy atom. The van der Waals surface area contributed by atoms with Gasteiger partial charge in [0.25, 0.3) is 0 Å². The Labute approximate surface area is 204 Å². The third-order valence-electron chi connectivity index (χ3n) is 6.40. The third kappa shape index (κ3) is 7.57. The molecule has 1 aliphatic rings. The molecule has 6 nitrogen and oxygen atoms in total. The molecule has 1 saturated heterocycles. The molecule has 0 bridgehead atoms. The fraction of sp³-hybridized carbons (Fsp3) is 0.519. The lowest BCUT2D eigenvalue weighted by molar-refractivity contribution is -0.127. The predicted octanol–water partition coefficient (Wildman–Crippen LogP) is 4.57. The van der Waals surface area contributed by atoms with E-state index >= 15 is 0 Å². The molecule has 0 radical (unpaired) electrons. The van der Waals surface area contributed by atoms with Gasteiger partial charge in [-0.05, 0) is 61.3 Å². The van der Waals surface area contributed by atoms with Crippen molar-refractivity contribution in [2.45, 2.75) is 52.0 Å². The van der Waals surface area contributed by atoms with E-state index in [9.17, 15) is 13.2 Å². The lowest BCUT2D eigenvalue weighted by Gasteiger charge is -2.32. The van der Waals surface area contributed by atoms with Gasteiger partial charge in [-0.3, -0.25) is 4.79 Å². The first-order valence-electron chi connectivity index (χ1n) is 12.2. The number of methoxy groups -OCH3 is 1. The van der Waals surface area contributed by atoms with Crippen LogP contribution in [-0.4, -0.2) is 44.6 Å². The maximum Gasteiger partial charge on any atom is 0.224 e. The van der Waals surface area contributed by atoms with Gasteiger partial charge in [0.2, 0.25) is 15.9 Å². The number of nitrogens with zero attached hydrogens (tertiary/aromatic N) is 1. The Balaban J connectivity index is 1.59. The van der Waals surface area contributed by atoms with Crippen molar-refractivity contribution in [3.05, 3.63) is 65.7 Å². The van der Waals surface area contributed by atoms with Crippen LogP contribution in [-0.2, 0) is 21.2 Å². The SMILES string of the molecule is COc1ccc([C@@H](CC(C)C)NC(=O)[C@H]2CCCN(S(=O)(=O)CCCc3ccccc3)C2)cc1. The minimum atomic E-state index is -3.39. The van der Waals surface area contributed by atoms with Crippen LogP contribution in [0.2, 0.25) is 0 Å². The number of carbonyl (C=O) groups excluding carboxylic acids is 1. The Morgan fingerprint density at radius 1 is 1.12 bits per heavy atom. The number of hydrogen-bond donors (Lipinski definition) is 1. The average Bonchev–Trinajstić information content (AvgIpc) is 2.84. The molecule has 186 valence electrons. The number of piperidine rings is 1. The molecule has 1 fully saturated rings. The molecular formula is C27H38N2O4S. The highest BCUT2D eigenvalue weighted by molar-refractivity contribution is 7.89. The van der Waals surface area contributed by atoms with E-state index in [1.54, 1.807) is 7.11 Å². The van der Waals surface area contributed by atoms with E-state index in [-0.39, 0.29) is 30.2 Å². The van der Waals surface area contributed by atoms with E-state index in [0.717, 1.165) is 29.7 Å². The van der Waals surface area contributed by atoms with Gasteiger partial charge >= 0.3 is 0 Å². The zero-order valence-electron chi connectivity index (χ0n) is 20.6. The monoisotopic (exact) mass is 486 g/mol. The lowest BCUT2D eigenvalue weighted by Crippen LogP contribution is -2.46. The molecule has 0 saturated carbocycles. The van der Waals surface area contributed by atoms with Crippen LogP contribution in [0.5, 0.6) is 5.75 Å². The summed E-state index contributed by atoms with van der Waals surface area (Å²) < 4.78 is 32.7. The second-order valence-corrected chi connectivity index (χ2v) is 11.7. The summed E-state index contributed by atoms with van der Waals surface area (Å²) in [4.78, 5) is 13.2. The van der Waals surface area contributed by atoms with E-state index in [4.69, 9.17) is 4.74 Å². The summed E-state index contributed by atoms with van der Waals surface area (Å²) in [6, 6.07) is 17.6. The minimum Gasteiger partial charge on any atom is -0.497 e. The van der Waals surface area contributed by atoms with Gasteiger partial charge in [0.15, 0.2) is 0 Å². The molecule has 0 unspecified atom stereocenters. The van der Waals surface area contributed by atoms with Crippen molar-refractivity contribution in [1.82, 2.24) is 9.62 Å². The van der Waals surface area contributed by atoms with Crippen LogP contribution in [0.25, 0.3) is 0 Å². The highest BCUT2D eigenvalue weighted by atomic mass is 32.2. The molecule has 7 heteroatoms. The maximum absolute atomic E-state index is 13.2. The van der Waals surface area contributed by atoms with Crippen LogP contribution in [0.4, 0.5) is 0 Å². The van der Waals surface area contributed by atoms with Crippen molar-refractivity contribution in [1.29, 1.82) is 0 Å². The molecule has 1 amide bonds. The van der Waals surface area contributed by atoms with E-state index in [1.165, 1.54) is 4.31 Å². The highest BCUT2D eigenvalue weighted by Crippen LogP contribution is 2.26. The van der Waals surface area contributed by atoms with E-state index in [2.05, 4.69) is 19.2 Å². The Morgan fingerprint density at radius 2 is 1.82 bits per heavy atom. The fourth-order valence-corrected chi connectivity index (χ4v) is 6.10. The van der Waals surface area contributed by atoms with E-state index in [0.29, 0.717) is 31.7 Å². The zero-order valence-corrected chi connectivity index (χ0v) is 21.4. The molecule has 0 aromatic heterocycles. The summed E-state index contributed by atoms with van der Waals surface area (Å²) in [6.07, 6.45) is 3.53. The molecule has 1 aliphatic heterocycles. The number of aryl methyl sites for hydroxylation is 1. The van der Waals surface area contributed by atoms with Crippen molar-refractivity contribution in [2.24, 2.45) is 11.8 Å². The molecule has 1 heterocycles. The summed E-state index contributed by atoms with van der Waals surface area (Å²) in [5, 5.41) is 3.21. The second-order valence-electron chi connectivity index (χ2n) is 9.57. The number of rotatable bonds is 11. The number of ether oxygens (including phenoxy) is 1. The minimum absolute atomic E-state index is 0.0642. The van der Waals surface area contributed by atoms with Crippen LogP contribution in [0.15, 0.2) is 54.6 Å². The molecule has 1 N–H and O–H groups in total. The summed E-state index contributed by atoms with van der Waals surface area (Å²) in [6.45, 7) is 5.02. The number of benzene rings is 2. The lowest BCUT2D eigenvalue weighted by atomic mass is 9.94. The molecule has 2 aromatic carbocycles. The Kier molecular flexibility index (Phi) is 9.54. The van der Waals surface area contributed by atoms with Crippen molar-refractivity contribution < 1.29 is 17.9 Å². The standard InChI is InChI=1S/C27H38N2O4S/c1-21(2)19-26(23-13-15-25(33-3)16-14-23)28-27(30)24-12-7-17-29(20-24)34(31,32)18-8-11-22-9-5-4-6-10-22/h4-6,9-10,13-16,21,24,26H,7-8,11-12,17-20H2,1-3H3,(H,28,30)/t24-,26+/m0/s1. The van der Waals surface area contributed by atoms with Gasteiger partial charge in [-0.2, -0.15) is 0 Å². The van der Waals surface area contributed by atoms with Gasteiger partial charge in [-0.15, -0.1) is 0 Å². The average molecular weight is 487 g/mol. The number of hydrogen-bond acceptors (Lipinski definition) is 4. The van der Waals surface area contributed by atoms with Gasteiger partial charge in [0.1, 0.15) is 5.75 Å². The fourth-order valence-electron chi connectivity index (χ4n) is 4.52. The first kappa shape index (κ1) is 26.2. The van der Waals surface area contributed by atoms with Crippen LogP contribution in [0.3, 0.4) is 0 Å². The summed E-state index contributed by atoms with van der Waals surface area (Å²) >= 11 is 0. The van der Waals surface area contributed by atoms with Gasteiger partial charge in [0, 0.05) is 13.1 Å². The second kappa shape index (κ2) is 12.4. The quantitative estimate of drug-likeness (QED) is 0.505. The third-order valence-corrected chi connectivity index (χ3v) is 8.32. The maximum atomic E-state index is 13.2. The van der Waals surface area contributed by atoms with E-state index in [1.807, 2.05) is 54.6 Å². The number of carbonyl (C=O) groups is 1. The molecule has 0 aliphatic carbocycles. The zero-order chi connectivity index (χ0) is 24.6. The Bertz CT molecular complexity index is 1010. The van der Waals surface area contributed by atoms with Crippen molar-refractivity contribution in [3.8, 4) is 5.75 Å². The van der Waals surface area contributed by atoms with Crippen LogP contribution in [0.1, 0.15) is 56.7 Å². The normalized spacial score (nSPS) is 17.9. The predicted molar refractivity (Wildman–Crippen MR) is 136 cm³/mol. The Hall–Kier alpha value is -2.38. The largest absolute Gasteiger partial charge is 0.497 e. The van der Waals surface area contributed by atoms with Gasteiger partial charge in [-0.1, -0.05) is 56.3 Å². The number of nitrogens with one attached hydrogen (secondary N) is 1. The van der Waals surface area contributed by atoms with Crippen LogP contribution < -0.4 is 10.1 Å². The summed E-state index contributed by atoms with van der Waals surface area (Å²) in [5.41, 5.74) is 2.17. The van der Waals surface area contributed by atoms with Crippen molar-refractivity contribution in [2.75, 3.05) is 26.0 Å². The summed E-state index contributed by atoms with van der Waals surface area (Å²) in [5.74, 6) is 0.896. The molecule has 2 aromatic rings. The first-order valence-corrected chi connectivity index (χ1v) is 13.9. The van der Waals surface area contributed by atoms with Crippen LogP contribution >= 0.6 is 0 Å². The molecule has 0 spiro atoms. The first-order chi connectivity index (χ1) is 16.3. The van der Waals surface area contributed by atoms with Gasteiger partial charge < -0.3 is 10.1 Å². The summed E-state index contributed by atoms with van der Waals surface area (Å²) in [7, 11) is -1.76. The number of amides is 1. The number of sulfonamides is 1. The van der Waals surface area contributed by atoms with Gasteiger partial charge in [-0.25, -0.2) is 12.7 Å². The van der Waals surface area contributed by atoms with Crippen molar-refractivity contribution in [3.63, 3.8) is 0 Å². The highest BCUT2D eigenvalue weighted by Gasteiger charge is 2.33. The smallest absolute Gasteiger partial charge is 0.224 e. The van der Waals surface area contributed by atoms with E-state index < -0.39 is 10.0 Å². The van der Waals surface area contributed by atoms with Gasteiger partial charge in [0.05, 0.1) is 24.8 Å². The molecule has 34 heavy (non-hydrogen) atoms. The molecule has 3 rings (SSSR count). The molecular weight excluding hydrogens is 448 g/mol. The van der Waals surface area contributed by atoms with Crippen LogP contribution in [0, 0.1) is 11.8 Å². The molecule has 2 atom stereocenters.